The van der Waals surface area contributed by atoms with Gasteiger partial charge < -0.3 is 10.2 Å². The Balaban J connectivity index is 0.00000196. The first-order valence-electron chi connectivity index (χ1n) is 9.11. The number of benzene rings is 2. The summed E-state index contributed by atoms with van der Waals surface area (Å²) in [6.07, 6.45) is 3.76. The predicted octanol–water partition coefficient (Wildman–Crippen LogP) is 4.96. The summed E-state index contributed by atoms with van der Waals surface area (Å²) < 4.78 is 0. The van der Waals surface area contributed by atoms with Gasteiger partial charge in [0.15, 0.2) is 0 Å². The van der Waals surface area contributed by atoms with E-state index < -0.39 is 0 Å². The number of nitrogens with one attached hydrogen (secondary N) is 1. The summed E-state index contributed by atoms with van der Waals surface area (Å²) in [4.78, 5) is 12.0. The summed E-state index contributed by atoms with van der Waals surface area (Å²) in [5.74, 6) is 1.78. The minimum atomic E-state index is 0. The average Bonchev–Trinajstić information content (AvgIpc) is 2.67. The van der Waals surface area contributed by atoms with Crippen LogP contribution in [0.3, 0.4) is 0 Å². The van der Waals surface area contributed by atoms with Gasteiger partial charge in [0, 0.05) is 25.0 Å². The van der Waals surface area contributed by atoms with Gasteiger partial charge in [-0.15, -0.1) is 12.4 Å². The van der Waals surface area contributed by atoms with E-state index >= 15 is 0 Å². The molecule has 3 aromatic rings. The van der Waals surface area contributed by atoms with E-state index in [-0.39, 0.29) is 12.4 Å². The van der Waals surface area contributed by atoms with E-state index in [1.165, 1.54) is 30.4 Å². The molecule has 2 aromatic carbocycles. The number of rotatable bonds is 4. The molecular weight excluding hydrogens is 344 g/mol. The Hall–Kier alpha value is -2.33. The molecule has 1 aliphatic heterocycles. The van der Waals surface area contributed by atoms with Crippen molar-refractivity contribution in [3.63, 3.8) is 0 Å². The molecule has 26 heavy (non-hydrogen) atoms. The van der Waals surface area contributed by atoms with E-state index in [9.17, 15) is 0 Å². The van der Waals surface area contributed by atoms with Crippen LogP contribution in [0.15, 0.2) is 48.5 Å². The minimum Gasteiger partial charge on any atom is -0.365 e. The number of nitrogens with zero attached hydrogens (tertiary/aromatic N) is 3. The fourth-order valence-corrected chi connectivity index (χ4v) is 3.42. The van der Waals surface area contributed by atoms with Crippen molar-refractivity contribution >= 4 is 35.1 Å². The van der Waals surface area contributed by atoms with Crippen molar-refractivity contribution in [1.82, 2.24) is 9.97 Å². The molecule has 0 unspecified atom stereocenters. The molecule has 4 nitrogen and oxygen atoms in total. The highest BCUT2D eigenvalue weighted by atomic mass is 35.5. The van der Waals surface area contributed by atoms with Crippen LogP contribution in [0, 0.1) is 6.92 Å². The maximum atomic E-state index is 4.87. The van der Waals surface area contributed by atoms with Gasteiger partial charge in [0.1, 0.15) is 5.82 Å². The smallest absolute Gasteiger partial charge is 0.227 e. The molecule has 0 atom stereocenters. The van der Waals surface area contributed by atoms with Gasteiger partial charge in [0.05, 0.1) is 5.52 Å². The van der Waals surface area contributed by atoms with Crippen molar-refractivity contribution < 1.29 is 0 Å². The van der Waals surface area contributed by atoms with Crippen molar-refractivity contribution in [1.29, 1.82) is 0 Å². The van der Waals surface area contributed by atoms with Crippen molar-refractivity contribution in [3.8, 4) is 0 Å². The molecule has 5 heteroatoms. The van der Waals surface area contributed by atoms with E-state index in [4.69, 9.17) is 9.97 Å². The second-order valence-corrected chi connectivity index (χ2v) is 6.72. The highest BCUT2D eigenvalue weighted by molar-refractivity contribution is 5.90. The third-order valence-electron chi connectivity index (χ3n) is 4.94. The van der Waals surface area contributed by atoms with Crippen LogP contribution in [-0.2, 0) is 6.54 Å². The van der Waals surface area contributed by atoms with Crippen LogP contribution in [0.2, 0.25) is 0 Å². The Morgan fingerprint density at radius 2 is 1.65 bits per heavy atom. The van der Waals surface area contributed by atoms with Crippen LogP contribution in [0.1, 0.15) is 30.4 Å². The molecule has 0 saturated carbocycles. The second-order valence-electron chi connectivity index (χ2n) is 6.72. The second kappa shape index (κ2) is 8.37. The first kappa shape index (κ1) is 18.5. The topological polar surface area (TPSA) is 41.1 Å². The highest BCUT2D eigenvalue weighted by Gasteiger charge is 2.16. The maximum Gasteiger partial charge on any atom is 0.227 e. The quantitative estimate of drug-likeness (QED) is 0.706. The Bertz CT molecular complexity index is 875. The lowest BCUT2D eigenvalue weighted by Gasteiger charge is -2.27. The molecule has 1 fully saturated rings. The van der Waals surface area contributed by atoms with E-state index in [0.717, 1.165) is 42.3 Å². The Labute approximate surface area is 161 Å². The number of para-hydroxylation sites is 1. The van der Waals surface area contributed by atoms with Crippen LogP contribution in [-0.4, -0.2) is 23.1 Å². The van der Waals surface area contributed by atoms with Gasteiger partial charge in [-0.25, -0.2) is 4.98 Å². The minimum absolute atomic E-state index is 0. The number of anilines is 2. The Morgan fingerprint density at radius 1 is 0.923 bits per heavy atom. The van der Waals surface area contributed by atoms with Crippen LogP contribution in [0.5, 0.6) is 0 Å². The molecule has 2 heterocycles. The summed E-state index contributed by atoms with van der Waals surface area (Å²) in [5.41, 5.74) is 3.60. The van der Waals surface area contributed by atoms with Gasteiger partial charge in [-0.1, -0.05) is 36.4 Å². The molecule has 0 amide bonds. The third kappa shape index (κ3) is 3.91. The molecule has 0 radical (unpaired) electrons. The zero-order chi connectivity index (χ0) is 17.1. The number of piperidine rings is 1. The third-order valence-corrected chi connectivity index (χ3v) is 4.94. The van der Waals surface area contributed by atoms with Crippen LogP contribution >= 0.6 is 12.4 Å². The lowest BCUT2D eigenvalue weighted by atomic mass is 10.1. The lowest BCUT2D eigenvalue weighted by molar-refractivity contribution is 0.569. The first-order valence-corrected chi connectivity index (χ1v) is 9.11. The standard InChI is InChI=1S/C21H24N4.ClH/c1-16-9-3-4-10-17(16)15-22-20-18-11-5-6-12-19(18)23-21(24-20)25-13-7-2-8-14-25;/h3-6,9-12H,2,7-8,13-15H2,1H3,(H,22,23,24);1H. The number of hydrogen-bond acceptors (Lipinski definition) is 4. The molecule has 4 rings (SSSR count). The number of halogens is 1. The largest absolute Gasteiger partial charge is 0.365 e. The molecule has 1 aliphatic rings. The number of hydrogen-bond donors (Lipinski definition) is 1. The first-order chi connectivity index (χ1) is 12.3. The number of aromatic nitrogens is 2. The molecule has 0 aliphatic carbocycles. The molecular formula is C21H25ClN4. The Kier molecular flexibility index (Phi) is 5.94. The van der Waals surface area contributed by atoms with Crippen LogP contribution in [0.4, 0.5) is 11.8 Å². The summed E-state index contributed by atoms with van der Waals surface area (Å²) in [5, 5.41) is 4.63. The zero-order valence-electron chi connectivity index (χ0n) is 15.1. The fraction of sp³-hybridized carbons (Fsp3) is 0.333. The maximum absolute atomic E-state index is 4.87. The van der Waals surface area contributed by atoms with Crippen molar-refractivity contribution in [2.75, 3.05) is 23.3 Å². The fourth-order valence-electron chi connectivity index (χ4n) is 3.42. The van der Waals surface area contributed by atoms with E-state index in [1.807, 2.05) is 12.1 Å². The van der Waals surface area contributed by atoms with Gasteiger partial charge >= 0.3 is 0 Å². The molecule has 0 spiro atoms. The van der Waals surface area contributed by atoms with Crippen molar-refractivity contribution in [3.05, 3.63) is 59.7 Å². The van der Waals surface area contributed by atoms with Gasteiger partial charge in [-0.2, -0.15) is 4.98 Å². The van der Waals surface area contributed by atoms with Gasteiger partial charge in [0.25, 0.3) is 0 Å². The molecule has 0 bridgehead atoms. The molecule has 1 aromatic heterocycles. The SMILES string of the molecule is Cc1ccccc1CNc1nc(N2CCCCC2)nc2ccccc12.Cl. The van der Waals surface area contributed by atoms with Gasteiger partial charge in [-0.3, -0.25) is 0 Å². The van der Waals surface area contributed by atoms with Gasteiger partial charge in [-0.05, 0) is 49.4 Å². The van der Waals surface area contributed by atoms with Gasteiger partial charge in [0.2, 0.25) is 5.95 Å². The van der Waals surface area contributed by atoms with Crippen LogP contribution in [0.25, 0.3) is 10.9 Å². The highest BCUT2D eigenvalue weighted by Crippen LogP contribution is 2.25. The molecule has 136 valence electrons. The number of fused-ring (bicyclic) bond motifs is 1. The van der Waals surface area contributed by atoms with Crippen LogP contribution < -0.4 is 10.2 Å². The molecule has 1 N–H and O–H groups in total. The predicted molar refractivity (Wildman–Crippen MR) is 111 cm³/mol. The van der Waals surface area contributed by atoms with E-state index in [1.54, 1.807) is 0 Å². The molecule has 1 saturated heterocycles. The van der Waals surface area contributed by atoms with Crippen molar-refractivity contribution in [2.45, 2.75) is 32.7 Å². The Morgan fingerprint density at radius 3 is 2.46 bits per heavy atom. The monoisotopic (exact) mass is 368 g/mol. The summed E-state index contributed by atoms with van der Waals surface area (Å²) in [6, 6.07) is 16.7. The number of aryl methyl sites for hydroxylation is 1. The summed E-state index contributed by atoms with van der Waals surface area (Å²) in [6.45, 7) is 5.02. The average molecular weight is 369 g/mol. The van der Waals surface area contributed by atoms with E-state index in [2.05, 4.69) is 53.5 Å². The van der Waals surface area contributed by atoms with E-state index in [0.29, 0.717) is 0 Å². The lowest BCUT2D eigenvalue weighted by Crippen LogP contribution is -2.31. The summed E-state index contributed by atoms with van der Waals surface area (Å²) >= 11 is 0. The normalized spacial score (nSPS) is 14.1. The summed E-state index contributed by atoms with van der Waals surface area (Å²) in [7, 11) is 0. The van der Waals surface area contributed by atoms with Crippen molar-refractivity contribution in [2.24, 2.45) is 0 Å². The zero-order valence-corrected chi connectivity index (χ0v) is 15.9.